The Hall–Kier alpha value is -0.860. The number of likely N-dealkylation sites (tertiary alicyclic amines) is 1. The summed E-state index contributed by atoms with van der Waals surface area (Å²) in [6.07, 6.45) is 2.47. The van der Waals surface area contributed by atoms with Gasteiger partial charge in [0.1, 0.15) is 0 Å². The van der Waals surface area contributed by atoms with Gasteiger partial charge in [0.15, 0.2) is 0 Å². The minimum atomic E-state index is 0.327. The van der Waals surface area contributed by atoms with E-state index in [4.69, 9.17) is 0 Å². The van der Waals surface area contributed by atoms with Crippen LogP contribution in [0.5, 0.6) is 0 Å². The minimum absolute atomic E-state index is 0.327. The maximum Gasteiger partial charge on any atom is 0.0325 e. The summed E-state index contributed by atoms with van der Waals surface area (Å²) in [6.45, 7) is 13.8. The Labute approximate surface area is 124 Å². The van der Waals surface area contributed by atoms with Crippen LogP contribution >= 0.6 is 0 Å². The fourth-order valence-corrected chi connectivity index (χ4v) is 3.69. The van der Waals surface area contributed by atoms with Crippen LogP contribution < -0.4 is 5.32 Å². The zero-order valence-electron chi connectivity index (χ0n) is 14.0. The molecule has 0 spiro atoms. The topological polar surface area (TPSA) is 15.3 Å². The molecule has 1 saturated heterocycles. The lowest BCUT2D eigenvalue weighted by Crippen LogP contribution is -2.50. The second-order valence-corrected chi connectivity index (χ2v) is 6.83. The van der Waals surface area contributed by atoms with E-state index in [0.717, 1.165) is 0 Å². The van der Waals surface area contributed by atoms with Crippen molar-refractivity contribution in [3.8, 4) is 0 Å². The molecule has 1 aliphatic heterocycles. The summed E-state index contributed by atoms with van der Waals surface area (Å²) in [6, 6.07) is 5.16. The van der Waals surface area contributed by atoms with Crippen molar-refractivity contribution in [1.82, 2.24) is 10.2 Å². The van der Waals surface area contributed by atoms with E-state index in [1.54, 1.807) is 0 Å². The van der Waals surface area contributed by atoms with Gasteiger partial charge < -0.3 is 5.32 Å². The Morgan fingerprint density at radius 1 is 1.10 bits per heavy atom. The van der Waals surface area contributed by atoms with Gasteiger partial charge in [0.25, 0.3) is 0 Å². The first-order valence-corrected chi connectivity index (χ1v) is 7.87. The molecule has 2 nitrogen and oxygen atoms in total. The lowest BCUT2D eigenvalue weighted by molar-refractivity contribution is 0.117. The fourth-order valence-electron chi connectivity index (χ4n) is 3.69. The van der Waals surface area contributed by atoms with Crippen molar-refractivity contribution in [1.29, 1.82) is 0 Å². The molecule has 1 N–H and O–H groups in total. The van der Waals surface area contributed by atoms with Gasteiger partial charge in [-0.3, -0.25) is 4.90 Å². The number of hydrogen-bond acceptors (Lipinski definition) is 2. The summed E-state index contributed by atoms with van der Waals surface area (Å²) in [7, 11) is 2.09. The van der Waals surface area contributed by atoms with Crippen LogP contribution in [0.3, 0.4) is 0 Å². The molecule has 20 heavy (non-hydrogen) atoms. The first-order valence-electron chi connectivity index (χ1n) is 7.87. The van der Waals surface area contributed by atoms with Gasteiger partial charge in [-0.25, -0.2) is 0 Å². The Bertz CT molecular complexity index is 447. The third kappa shape index (κ3) is 3.07. The zero-order chi connectivity index (χ0) is 14.9. The van der Waals surface area contributed by atoms with Crippen LogP contribution in [-0.4, -0.2) is 30.6 Å². The molecule has 0 bridgehead atoms. The summed E-state index contributed by atoms with van der Waals surface area (Å²) >= 11 is 0. The van der Waals surface area contributed by atoms with Crippen molar-refractivity contribution in [3.05, 3.63) is 34.4 Å². The Morgan fingerprint density at radius 2 is 1.60 bits per heavy atom. The quantitative estimate of drug-likeness (QED) is 0.903. The van der Waals surface area contributed by atoms with Crippen LogP contribution in [-0.2, 0) is 0 Å². The molecule has 1 heterocycles. The molecule has 0 aromatic heterocycles. The van der Waals surface area contributed by atoms with E-state index in [-0.39, 0.29) is 0 Å². The highest BCUT2D eigenvalue weighted by Gasteiger charge is 2.31. The molecule has 0 saturated carbocycles. The van der Waals surface area contributed by atoms with E-state index in [1.807, 2.05) is 0 Å². The number of aryl methyl sites for hydroxylation is 3. The predicted molar refractivity (Wildman–Crippen MR) is 87.3 cm³/mol. The van der Waals surface area contributed by atoms with E-state index in [2.05, 4.69) is 64.0 Å². The van der Waals surface area contributed by atoms with Gasteiger partial charge in [-0.1, -0.05) is 17.7 Å². The summed E-state index contributed by atoms with van der Waals surface area (Å²) in [5.41, 5.74) is 6.11. The van der Waals surface area contributed by atoms with Crippen molar-refractivity contribution in [2.24, 2.45) is 0 Å². The second-order valence-electron chi connectivity index (χ2n) is 6.83. The van der Waals surface area contributed by atoms with E-state index < -0.39 is 0 Å². The lowest BCUT2D eigenvalue weighted by Gasteiger charge is -2.42. The van der Waals surface area contributed by atoms with E-state index in [9.17, 15) is 0 Å². The molecule has 1 fully saturated rings. The largest absolute Gasteiger partial charge is 0.314 e. The Kier molecular flexibility index (Phi) is 4.55. The van der Waals surface area contributed by atoms with E-state index in [0.29, 0.717) is 11.6 Å². The van der Waals surface area contributed by atoms with Crippen molar-refractivity contribution >= 4 is 0 Å². The molecule has 1 atom stereocenters. The molecule has 1 aromatic carbocycles. The molecular weight excluding hydrogens is 244 g/mol. The summed E-state index contributed by atoms with van der Waals surface area (Å²) in [5.74, 6) is 0. The average molecular weight is 274 g/mol. The van der Waals surface area contributed by atoms with Crippen LogP contribution in [0.1, 0.15) is 55.0 Å². The van der Waals surface area contributed by atoms with E-state index in [1.165, 1.54) is 48.2 Å². The van der Waals surface area contributed by atoms with Gasteiger partial charge in [-0.05, 0) is 71.2 Å². The number of nitrogens with zero attached hydrogens (tertiary/aromatic N) is 1. The Morgan fingerprint density at radius 3 is 2.05 bits per heavy atom. The highest BCUT2D eigenvalue weighted by molar-refractivity contribution is 5.39. The average Bonchev–Trinajstić information content (AvgIpc) is 2.38. The second kappa shape index (κ2) is 5.87. The molecule has 2 rings (SSSR count). The first kappa shape index (κ1) is 15.5. The van der Waals surface area contributed by atoms with Crippen LogP contribution in [0.2, 0.25) is 0 Å². The maximum absolute atomic E-state index is 3.48. The highest BCUT2D eigenvalue weighted by Crippen LogP contribution is 2.32. The molecular formula is C18H30N2. The zero-order valence-corrected chi connectivity index (χ0v) is 14.0. The van der Waals surface area contributed by atoms with Crippen molar-refractivity contribution in [2.45, 2.75) is 59.0 Å². The molecule has 1 aliphatic rings. The van der Waals surface area contributed by atoms with Crippen LogP contribution in [0.4, 0.5) is 0 Å². The number of nitrogens with one attached hydrogen (secondary N) is 1. The number of benzene rings is 1. The number of rotatable bonds is 3. The van der Waals surface area contributed by atoms with Gasteiger partial charge in [-0.2, -0.15) is 0 Å². The third-order valence-corrected chi connectivity index (χ3v) is 5.21. The lowest BCUT2D eigenvalue weighted by atomic mass is 9.87. The summed E-state index contributed by atoms with van der Waals surface area (Å²) in [5, 5.41) is 3.48. The highest BCUT2D eigenvalue weighted by atomic mass is 15.2. The van der Waals surface area contributed by atoms with Crippen LogP contribution in [0, 0.1) is 20.8 Å². The van der Waals surface area contributed by atoms with Crippen molar-refractivity contribution in [2.75, 3.05) is 20.1 Å². The van der Waals surface area contributed by atoms with Crippen LogP contribution in [0.15, 0.2) is 12.1 Å². The Balaban J connectivity index is 2.15. The monoisotopic (exact) mass is 274 g/mol. The molecule has 1 aromatic rings. The molecule has 2 heteroatoms. The van der Waals surface area contributed by atoms with Gasteiger partial charge in [0, 0.05) is 24.7 Å². The molecule has 0 amide bonds. The van der Waals surface area contributed by atoms with Crippen molar-refractivity contribution < 1.29 is 0 Å². The van der Waals surface area contributed by atoms with E-state index >= 15 is 0 Å². The van der Waals surface area contributed by atoms with Crippen molar-refractivity contribution in [3.63, 3.8) is 0 Å². The van der Waals surface area contributed by atoms with Gasteiger partial charge in [0.05, 0.1) is 0 Å². The molecule has 0 radical (unpaired) electrons. The SMILES string of the molecule is CNC1(C)CCN(C(C)c2c(C)cc(C)cc2C)CC1. The standard InChI is InChI=1S/C18H30N2/c1-13-11-14(2)17(15(3)12-13)16(4)20-9-7-18(5,19-6)8-10-20/h11-12,16,19H,7-10H2,1-6H3. The smallest absolute Gasteiger partial charge is 0.0325 e. The fraction of sp³-hybridized carbons (Fsp3) is 0.667. The first-order chi connectivity index (χ1) is 9.36. The van der Waals surface area contributed by atoms with Gasteiger partial charge in [0.2, 0.25) is 0 Å². The van der Waals surface area contributed by atoms with Gasteiger partial charge >= 0.3 is 0 Å². The molecule has 112 valence electrons. The number of hydrogen-bond donors (Lipinski definition) is 1. The normalized spacial score (nSPS) is 20.9. The molecule has 1 unspecified atom stereocenters. The van der Waals surface area contributed by atoms with Gasteiger partial charge in [-0.15, -0.1) is 0 Å². The third-order valence-electron chi connectivity index (χ3n) is 5.21. The summed E-state index contributed by atoms with van der Waals surface area (Å²) in [4.78, 5) is 2.64. The predicted octanol–water partition coefficient (Wildman–Crippen LogP) is 3.75. The minimum Gasteiger partial charge on any atom is -0.314 e. The van der Waals surface area contributed by atoms with Crippen LogP contribution in [0.25, 0.3) is 0 Å². The summed E-state index contributed by atoms with van der Waals surface area (Å²) < 4.78 is 0. The molecule has 0 aliphatic carbocycles. The maximum atomic E-state index is 3.48. The number of piperidine rings is 1.